The molecule has 0 aliphatic rings. The van der Waals surface area contributed by atoms with Gasteiger partial charge in [-0.2, -0.15) is 0 Å². The van der Waals surface area contributed by atoms with Gasteiger partial charge in [-0.25, -0.2) is 9.36 Å². The largest absolute Gasteiger partial charge is 1.00 e. The van der Waals surface area contributed by atoms with Gasteiger partial charge in [-0.15, -0.1) is 0 Å². The second-order valence-electron chi connectivity index (χ2n) is 8.91. The van der Waals surface area contributed by atoms with Crippen LogP contribution in [0.2, 0.25) is 0 Å². The molecule has 3 aromatic carbocycles. The zero-order chi connectivity index (χ0) is 27.6. The van der Waals surface area contributed by atoms with E-state index in [4.69, 9.17) is 4.74 Å². The molecule has 0 aliphatic heterocycles. The third-order valence-electron chi connectivity index (χ3n) is 5.93. The van der Waals surface area contributed by atoms with Crippen LogP contribution in [0.3, 0.4) is 0 Å². The number of carbonyl (C=O) groups is 3. The summed E-state index contributed by atoms with van der Waals surface area (Å²) in [5, 5.41) is 10.3. The second kappa shape index (κ2) is 15.0. The maximum absolute atomic E-state index is 12.9. The van der Waals surface area contributed by atoms with Crippen molar-refractivity contribution < 1.29 is 36.1 Å². The molecule has 4 rings (SSSR count). The van der Waals surface area contributed by atoms with E-state index in [1.807, 2.05) is 53.2 Å². The Morgan fingerprint density at radius 1 is 0.900 bits per heavy atom. The molecule has 3 amide bonds. The minimum atomic E-state index is -0.596. The fourth-order valence-corrected chi connectivity index (χ4v) is 4.66. The van der Waals surface area contributed by atoms with Crippen LogP contribution in [0.25, 0.3) is 10.8 Å². The summed E-state index contributed by atoms with van der Waals surface area (Å²) < 4.78 is 8.00. The lowest BCUT2D eigenvalue weighted by atomic mass is 10.1. The highest BCUT2D eigenvalue weighted by Crippen LogP contribution is 2.23. The van der Waals surface area contributed by atoms with Crippen molar-refractivity contribution >= 4 is 56.0 Å². The monoisotopic (exact) mass is 624 g/mol. The van der Waals surface area contributed by atoms with E-state index in [2.05, 4.69) is 38.8 Å². The van der Waals surface area contributed by atoms with Crippen molar-refractivity contribution in [2.45, 2.75) is 26.3 Å². The topological polar surface area (TPSA) is 100 Å². The summed E-state index contributed by atoms with van der Waals surface area (Å²) in [6.45, 7) is 3.04. The van der Waals surface area contributed by atoms with Crippen LogP contribution in [0.1, 0.15) is 29.3 Å². The number of ether oxygens (including phenoxy) is 1. The Labute approximate surface area is 247 Å². The van der Waals surface area contributed by atoms with Crippen LogP contribution in [-0.2, 0) is 22.5 Å². The van der Waals surface area contributed by atoms with Gasteiger partial charge in [-0.05, 0) is 45.1 Å². The van der Waals surface area contributed by atoms with Crippen molar-refractivity contribution in [2.24, 2.45) is 0 Å². The van der Waals surface area contributed by atoms with Gasteiger partial charge in [0, 0.05) is 17.5 Å². The van der Waals surface area contributed by atoms with Gasteiger partial charge in [0.25, 0.3) is 5.91 Å². The number of halogens is 2. The number of rotatable bonds is 10. The first kappa shape index (κ1) is 30.6. The lowest BCUT2D eigenvalue weighted by Gasteiger charge is -2.12. The van der Waals surface area contributed by atoms with Gasteiger partial charge in [-0.3, -0.25) is 14.9 Å². The number of pyridine rings is 1. The smallest absolute Gasteiger partial charge is 0.411 e. The number of aromatic nitrogens is 1. The average Bonchev–Trinajstić information content (AvgIpc) is 2.92. The Morgan fingerprint density at radius 3 is 2.45 bits per heavy atom. The molecule has 208 valence electrons. The van der Waals surface area contributed by atoms with E-state index >= 15 is 0 Å². The van der Waals surface area contributed by atoms with E-state index in [0.29, 0.717) is 22.5 Å². The van der Waals surface area contributed by atoms with Crippen LogP contribution in [0.4, 0.5) is 16.2 Å². The van der Waals surface area contributed by atoms with Crippen molar-refractivity contribution in [3.8, 4) is 0 Å². The summed E-state index contributed by atoms with van der Waals surface area (Å²) in [7, 11) is 0. The molecule has 4 aromatic rings. The van der Waals surface area contributed by atoms with E-state index < -0.39 is 6.09 Å². The minimum absolute atomic E-state index is 0. The Kier molecular flexibility index (Phi) is 11.5. The van der Waals surface area contributed by atoms with E-state index in [-0.39, 0.29) is 43.8 Å². The molecular weight excluding hydrogens is 596 g/mol. The Balaban J connectivity index is 0.00000441. The number of nitrogens with one attached hydrogen (secondary N) is 3. The minimum Gasteiger partial charge on any atom is -1.00 e. The molecule has 0 saturated carbocycles. The lowest BCUT2D eigenvalue weighted by molar-refractivity contribution is -0.697. The molecule has 1 aromatic heterocycles. The summed E-state index contributed by atoms with van der Waals surface area (Å²) in [4.78, 5) is 37.8. The highest BCUT2D eigenvalue weighted by molar-refractivity contribution is 9.10. The van der Waals surface area contributed by atoms with Gasteiger partial charge in [0.2, 0.25) is 5.91 Å². The number of carbonyl (C=O) groups excluding carboxylic acids is 3. The van der Waals surface area contributed by atoms with E-state index in [1.54, 1.807) is 36.5 Å². The molecule has 0 saturated heterocycles. The Hall–Kier alpha value is -3.95. The number of amides is 3. The predicted octanol–water partition coefficient (Wildman–Crippen LogP) is 2.46. The van der Waals surface area contributed by atoms with Crippen LogP contribution in [0.5, 0.6) is 0 Å². The van der Waals surface area contributed by atoms with E-state index in [9.17, 15) is 14.4 Å². The predicted molar refractivity (Wildman–Crippen MR) is 155 cm³/mol. The average molecular weight is 626 g/mol. The van der Waals surface area contributed by atoms with Crippen LogP contribution < -0.4 is 32.9 Å². The first-order valence-electron chi connectivity index (χ1n) is 12.7. The summed E-state index contributed by atoms with van der Waals surface area (Å²) in [5.74, 6) is -0.516. The van der Waals surface area contributed by atoms with Gasteiger partial charge >= 0.3 is 6.09 Å². The highest BCUT2D eigenvalue weighted by Gasteiger charge is 2.16. The molecule has 40 heavy (non-hydrogen) atoms. The number of nitrogens with zero attached hydrogens (tertiary/aromatic N) is 1. The van der Waals surface area contributed by atoms with Crippen molar-refractivity contribution in [2.75, 3.05) is 23.8 Å². The molecule has 0 aliphatic carbocycles. The van der Waals surface area contributed by atoms with Gasteiger partial charge in [0.1, 0.15) is 18.7 Å². The summed E-state index contributed by atoms with van der Waals surface area (Å²) in [5.41, 5.74) is 2.40. The molecule has 0 unspecified atom stereocenters. The summed E-state index contributed by atoms with van der Waals surface area (Å²) >= 11 is 3.46. The summed E-state index contributed by atoms with van der Waals surface area (Å²) in [6.07, 6.45) is 4.14. The van der Waals surface area contributed by atoms with E-state index in [1.165, 1.54) is 0 Å². The molecule has 10 heteroatoms. The van der Waals surface area contributed by atoms with Crippen LogP contribution in [0.15, 0.2) is 89.7 Å². The molecule has 8 nitrogen and oxygen atoms in total. The number of hydrogen-bond acceptors (Lipinski definition) is 4. The van der Waals surface area contributed by atoms with Gasteiger partial charge < -0.3 is 27.8 Å². The first-order valence-corrected chi connectivity index (χ1v) is 13.5. The van der Waals surface area contributed by atoms with Crippen LogP contribution >= 0.6 is 15.9 Å². The van der Waals surface area contributed by atoms with Crippen LogP contribution in [-0.4, -0.2) is 31.1 Å². The number of fused-ring (bicyclic) bond motifs is 1. The fourth-order valence-electron chi connectivity index (χ4n) is 4.15. The SMILES string of the molecule is CCC[n+]1cc(Br)cc(C(=O)Nc2ccccc2CC(=O)NCCOC(=O)Nc2cccc3ccccc23)c1.[Cl-]. The molecule has 0 radical (unpaired) electrons. The van der Waals surface area contributed by atoms with Crippen molar-refractivity contribution in [1.29, 1.82) is 0 Å². The standard InChI is InChI=1S/C30H29BrN4O4.ClH/c1-2-15-35-19-23(17-24(31)20-35)29(37)33-26-12-6-4-9-22(26)18-28(36)32-14-16-39-30(38)34-27-13-7-10-21-8-3-5-11-25(21)27;/h3-13,17,19-20H,2,14-16,18H2,1H3,(H2-,32,33,34,36,37,38);1H. The maximum Gasteiger partial charge on any atom is 0.411 e. The molecule has 0 atom stereocenters. The molecular formula is C30H30BrClN4O4. The molecule has 0 fully saturated rings. The Morgan fingerprint density at radius 2 is 1.62 bits per heavy atom. The fraction of sp³-hybridized carbons (Fsp3) is 0.200. The quantitative estimate of drug-likeness (QED) is 0.186. The maximum atomic E-state index is 12.9. The van der Waals surface area contributed by atoms with E-state index in [0.717, 1.165) is 28.2 Å². The van der Waals surface area contributed by atoms with Crippen LogP contribution in [0, 0.1) is 0 Å². The van der Waals surface area contributed by atoms with Crippen molar-refractivity contribution in [3.05, 3.63) is 101 Å². The summed E-state index contributed by atoms with van der Waals surface area (Å²) in [6, 6.07) is 22.3. The van der Waals surface area contributed by atoms with Gasteiger partial charge in [0.05, 0.1) is 23.1 Å². The third-order valence-corrected chi connectivity index (χ3v) is 6.37. The number of hydrogen-bond donors (Lipinski definition) is 3. The van der Waals surface area contributed by atoms with Crippen molar-refractivity contribution in [1.82, 2.24) is 5.32 Å². The van der Waals surface area contributed by atoms with Crippen molar-refractivity contribution in [3.63, 3.8) is 0 Å². The Bertz CT molecular complexity index is 1490. The number of anilines is 2. The number of aryl methyl sites for hydroxylation is 1. The molecule has 0 spiro atoms. The third kappa shape index (κ3) is 8.53. The zero-order valence-corrected chi connectivity index (χ0v) is 24.3. The first-order chi connectivity index (χ1) is 18.9. The van der Waals surface area contributed by atoms with Gasteiger partial charge in [0.15, 0.2) is 12.4 Å². The highest BCUT2D eigenvalue weighted by atomic mass is 79.9. The number of para-hydroxylation sites is 1. The second-order valence-corrected chi connectivity index (χ2v) is 9.82. The normalized spacial score (nSPS) is 10.3. The number of benzene rings is 3. The molecule has 1 heterocycles. The molecule has 0 bridgehead atoms. The lowest BCUT2D eigenvalue weighted by Crippen LogP contribution is -3.00. The molecule has 3 N–H and O–H groups in total. The zero-order valence-electron chi connectivity index (χ0n) is 22.0. The van der Waals surface area contributed by atoms with Gasteiger partial charge in [-0.1, -0.05) is 61.5 Å².